The van der Waals surface area contributed by atoms with Crippen LogP contribution in [-0.2, 0) is 0 Å². The van der Waals surface area contributed by atoms with Crippen molar-refractivity contribution < 1.29 is 9.66 Å². The highest BCUT2D eigenvalue weighted by Gasteiger charge is 2.17. The summed E-state index contributed by atoms with van der Waals surface area (Å²) in [5.74, 6) is 0.798. The van der Waals surface area contributed by atoms with E-state index >= 15 is 0 Å². The fourth-order valence-electron chi connectivity index (χ4n) is 1.83. The minimum Gasteiger partial charge on any atom is -0.477 e. The molecular weight excluding hydrogens is 222 g/mol. The zero-order chi connectivity index (χ0) is 12.3. The zero-order valence-electron chi connectivity index (χ0n) is 9.68. The molecule has 1 unspecified atom stereocenters. The molecule has 0 aromatic carbocycles. The Morgan fingerprint density at radius 3 is 3.18 bits per heavy atom. The number of hydrogen-bond acceptors (Lipinski definition) is 5. The summed E-state index contributed by atoms with van der Waals surface area (Å²) < 4.78 is 5.48. The Morgan fingerprint density at radius 2 is 2.53 bits per heavy atom. The largest absolute Gasteiger partial charge is 0.477 e. The molecule has 1 aromatic heterocycles. The normalized spacial score (nSPS) is 19.2. The maximum Gasteiger partial charge on any atom is 0.279 e. The fourth-order valence-corrected chi connectivity index (χ4v) is 1.83. The van der Waals surface area contributed by atoms with E-state index in [1.165, 1.54) is 12.3 Å². The van der Waals surface area contributed by atoms with Crippen LogP contribution in [-0.4, -0.2) is 29.6 Å². The Bertz CT molecular complexity index is 416. The molecule has 0 aliphatic carbocycles. The molecule has 92 valence electrons. The van der Waals surface area contributed by atoms with Gasteiger partial charge in [-0.15, -0.1) is 0 Å². The second-order valence-electron chi connectivity index (χ2n) is 4.24. The summed E-state index contributed by atoms with van der Waals surface area (Å²) in [6.07, 6.45) is 2.55. The van der Waals surface area contributed by atoms with Gasteiger partial charge in [0, 0.05) is 24.2 Å². The lowest BCUT2D eigenvalue weighted by Crippen LogP contribution is -2.16. The Morgan fingerprint density at radius 1 is 1.71 bits per heavy atom. The fraction of sp³-hybridized carbons (Fsp3) is 0.545. The van der Waals surface area contributed by atoms with Gasteiger partial charge in [0.05, 0.1) is 17.6 Å². The minimum atomic E-state index is -0.416. The number of hydrogen-bond donors (Lipinski definition) is 1. The molecule has 6 heteroatoms. The topological polar surface area (TPSA) is 77.3 Å². The van der Waals surface area contributed by atoms with E-state index in [4.69, 9.17) is 4.74 Å². The summed E-state index contributed by atoms with van der Waals surface area (Å²) in [5, 5.41) is 14.0. The number of rotatable bonds is 4. The number of aryl methyl sites for hydroxylation is 1. The van der Waals surface area contributed by atoms with E-state index in [-0.39, 0.29) is 5.69 Å². The number of aromatic nitrogens is 1. The van der Waals surface area contributed by atoms with Crippen LogP contribution in [0.1, 0.15) is 12.0 Å². The van der Waals surface area contributed by atoms with Gasteiger partial charge in [0.2, 0.25) is 5.88 Å². The smallest absolute Gasteiger partial charge is 0.279 e. The third kappa shape index (κ3) is 2.91. The third-order valence-corrected chi connectivity index (χ3v) is 2.88. The highest BCUT2D eigenvalue weighted by Crippen LogP contribution is 2.21. The molecule has 1 saturated heterocycles. The van der Waals surface area contributed by atoms with Crippen LogP contribution in [0.25, 0.3) is 0 Å². The average molecular weight is 237 g/mol. The van der Waals surface area contributed by atoms with Gasteiger partial charge in [0.15, 0.2) is 0 Å². The predicted molar refractivity (Wildman–Crippen MR) is 62.1 cm³/mol. The molecule has 1 aromatic rings. The predicted octanol–water partition coefficient (Wildman–Crippen LogP) is 1.29. The van der Waals surface area contributed by atoms with Gasteiger partial charge in [0.1, 0.15) is 0 Å². The molecular formula is C11H15N3O3. The van der Waals surface area contributed by atoms with Crippen molar-refractivity contribution in [3.63, 3.8) is 0 Å². The molecule has 0 amide bonds. The van der Waals surface area contributed by atoms with E-state index in [1.807, 2.05) is 0 Å². The first-order chi connectivity index (χ1) is 8.16. The quantitative estimate of drug-likeness (QED) is 0.630. The molecule has 1 fully saturated rings. The Balaban J connectivity index is 2.00. The van der Waals surface area contributed by atoms with Gasteiger partial charge in [-0.2, -0.15) is 0 Å². The van der Waals surface area contributed by atoms with Crippen molar-refractivity contribution in [2.45, 2.75) is 13.3 Å². The van der Waals surface area contributed by atoms with Crippen LogP contribution in [0, 0.1) is 23.0 Å². The second-order valence-corrected chi connectivity index (χ2v) is 4.24. The van der Waals surface area contributed by atoms with Crippen LogP contribution >= 0.6 is 0 Å². The van der Waals surface area contributed by atoms with Crippen molar-refractivity contribution in [2.75, 3.05) is 19.7 Å². The number of nitrogens with one attached hydrogen (secondary N) is 1. The molecule has 2 heterocycles. The van der Waals surface area contributed by atoms with Crippen LogP contribution in [0.4, 0.5) is 5.69 Å². The van der Waals surface area contributed by atoms with Crippen LogP contribution in [0.5, 0.6) is 5.88 Å². The standard InChI is InChI=1S/C11H15N3O3/c1-8-5-13-11(4-10(8)14(15)16)17-7-9-2-3-12-6-9/h4-5,9,12H,2-3,6-7H2,1H3. The maximum atomic E-state index is 10.7. The van der Waals surface area contributed by atoms with Gasteiger partial charge in [-0.25, -0.2) is 4.98 Å². The van der Waals surface area contributed by atoms with Crippen LogP contribution in [0.2, 0.25) is 0 Å². The molecule has 2 rings (SSSR count). The molecule has 1 aliphatic rings. The SMILES string of the molecule is Cc1cnc(OCC2CCNC2)cc1[N+](=O)[O-]. The van der Waals surface area contributed by atoms with Crippen LogP contribution in [0.3, 0.4) is 0 Å². The summed E-state index contributed by atoms with van der Waals surface area (Å²) >= 11 is 0. The summed E-state index contributed by atoms with van der Waals surface area (Å²) in [4.78, 5) is 14.4. The monoisotopic (exact) mass is 237 g/mol. The van der Waals surface area contributed by atoms with E-state index < -0.39 is 4.92 Å². The molecule has 1 N–H and O–H groups in total. The molecule has 0 saturated carbocycles. The first-order valence-electron chi connectivity index (χ1n) is 5.61. The van der Waals surface area contributed by atoms with Gasteiger partial charge in [-0.1, -0.05) is 0 Å². The van der Waals surface area contributed by atoms with E-state index in [2.05, 4.69) is 10.3 Å². The van der Waals surface area contributed by atoms with Crippen molar-refractivity contribution >= 4 is 5.69 Å². The van der Waals surface area contributed by atoms with E-state index in [9.17, 15) is 10.1 Å². The van der Waals surface area contributed by atoms with Gasteiger partial charge in [-0.05, 0) is 19.9 Å². The van der Waals surface area contributed by atoms with E-state index in [0.29, 0.717) is 24.0 Å². The van der Waals surface area contributed by atoms with Gasteiger partial charge >= 0.3 is 0 Å². The Hall–Kier alpha value is -1.69. The Kier molecular flexibility index (Phi) is 3.53. The highest BCUT2D eigenvalue weighted by atomic mass is 16.6. The van der Waals surface area contributed by atoms with Crippen molar-refractivity contribution in [3.8, 4) is 5.88 Å². The van der Waals surface area contributed by atoms with E-state index in [1.54, 1.807) is 6.92 Å². The molecule has 0 bridgehead atoms. The van der Waals surface area contributed by atoms with Crippen molar-refractivity contribution in [1.29, 1.82) is 0 Å². The van der Waals surface area contributed by atoms with Crippen molar-refractivity contribution in [2.24, 2.45) is 5.92 Å². The highest BCUT2D eigenvalue weighted by molar-refractivity contribution is 5.40. The number of pyridine rings is 1. The lowest BCUT2D eigenvalue weighted by atomic mass is 10.1. The molecule has 0 spiro atoms. The molecule has 1 aliphatic heterocycles. The van der Waals surface area contributed by atoms with Gasteiger partial charge < -0.3 is 10.1 Å². The summed E-state index contributed by atoms with van der Waals surface area (Å²) in [5.41, 5.74) is 0.601. The number of nitro groups is 1. The average Bonchev–Trinajstić information content (AvgIpc) is 2.80. The molecule has 6 nitrogen and oxygen atoms in total. The summed E-state index contributed by atoms with van der Waals surface area (Å²) in [7, 11) is 0. The lowest BCUT2D eigenvalue weighted by Gasteiger charge is -2.09. The van der Waals surface area contributed by atoms with Gasteiger partial charge in [-0.3, -0.25) is 10.1 Å². The van der Waals surface area contributed by atoms with Gasteiger partial charge in [0.25, 0.3) is 5.69 Å². The minimum absolute atomic E-state index is 0.0551. The first kappa shape index (κ1) is 11.8. The first-order valence-corrected chi connectivity index (χ1v) is 5.61. The van der Waals surface area contributed by atoms with Crippen LogP contribution < -0.4 is 10.1 Å². The van der Waals surface area contributed by atoms with Crippen LogP contribution in [0.15, 0.2) is 12.3 Å². The molecule has 1 atom stereocenters. The third-order valence-electron chi connectivity index (χ3n) is 2.88. The molecule has 17 heavy (non-hydrogen) atoms. The summed E-state index contributed by atoms with van der Waals surface area (Å²) in [6.45, 7) is 4.17. The molecule has 0 radical (unpaired) electrons. The maximum absolute atomic E-state index is 10.7. The Labute approximate surface area is 99.2 Å². The van der Waals surface area contributed by atoms with E-state index in [0.717, 1.165) is 19.5 Å². The lowest BCUT2D eigenvalue weighted by molar-refractivity contribution is -0.385. The van der Waals surface area contributed by atoms with Crippen molar-refractivity contribution in [1.82, 2.24) is 10.3 Å². The summed E-state index contributed by atoms with van der Waals surface area (Å²) in [6, 6.07) is 1.39. The second kappa shape index (κ2) is 5.09. The number of nitrogens with zero attached hydrogens (tertiary/aromatic N) is 2. The number of ether oxygens (including phenoxy) is 1. The van der Waals surface area contributed by atoms with Crippen molar-refractivity contribution in [3.05, 3.63) is 27.9 Å². The zero-order valence-corrected chi connectivity index (χ0v) is 9.68.